The molecule has 3 rings (SSSR count). The molecule has 0 saturated carbocycles. The highest BCUT2D eigenvalue weighted by Crippen LogP contribution is 2.37. The van der Waals surface area contributed by atoms with Crippen molar-refractivity contribution in [2.75, 3.05) is 18.0 Å². The lowest BCUT2D eigenvalue weighted by Gasteiger charge is -2.24. The second kappa shape index (κ2) is 8.26. The molecule has 0 fully saturated rings. The number of nitrogens with one attached hydrogen (secondary N) is 1. The van der Waals surface area contributed by atoms with Gasteiger partial charge in [-0.2, -0.15) is 0 Å². The summed E-state index contributed by atoms with van der Waals surface area (Å²) in [6, 6.07) is 15.9. The van der Waals surface area contributed by atoms with E-state index < -0.39 is 0 Å². The largest absolute Gasteiger partial charge is 0.310 e. The second-order valence-electron chi connectivity index (χ2n) is 6.35. The van der Waals surface area contributed by atoms with E-state index in [1.165, 1.54) is 4.90 Å². The molecule has 0 aliphatic carbocycles. The first-order valence-corrected chi connectivity index (χ1v) is 9.86. The zero-order valence-electron chi connectivity index (χ0n) is 14.5. The Labute approximate surface area is 158 Å². The molecule has 2 aromatic carbocycles. The summed E-state index contributed by atoms with van der Waals surface area (Å²) >= 11 is 8.09. The van der Waals surface area contributed by atoms with Gasteiger partial charge in [0.2, 0.25) is 5.91 Å². The predicted molar refractivity (Wildman–Crippen MR) is 107 cm³/mol. The molecule has 1 heterocycles. The van der Waals surface area contributed by atoms with Crippen molar-refractivity contribution in [3.8, 4) is 0 Å². The molecule has 0 saturated heterocycles. The van der Waals surface area contributed by atoms with Gasteiger partial charge >= 0.3 is 0 Å². The molecule has 5 heteroatoms. The minimum Gasteiger partial charge on any atom is -0.310 e. The summed E-state index contributed by atoms with van der Waals surface area (Å²) in [5, 5.41) is 4.55. The summed E-state index contributed by atoms with van der Waals surface area (Å²) in [6.45, 7) is 5.29. The standard InChI is InChI=1S/C20H23ClN2OS/c1-14-11-12-23(18-9-5-6-10-19(18)25-14)20(24)13-22-15(2)16-7-3-4-8-17(16)21/h3-10,14-15,22H,11-13H2,1-2H3/t14-,15+/m0/s1. The first-order chi connectivity index (χ1) is 12.1. The van der Waals surface area contributed by atoms with Crippen molar-refractivity contribution in [1.82, 2.24) is 5.32 Å². The number of thioether (sulfide) groups is 1. The highest BCUT2D eigenvalue weighted by Gasteiger charge is 2.24. The van der Waals surface area contributed by atoms with Gasteiger partial charge in [0, 0.05) is 27.8 Å². The van der Waals surface area contributed by atoms with Crippen molar-refractivity contribution in [3.63, 3.8) is 0 Å². The maximum atomic E-state index is 12.9. The normalized spacial score (nSPS) is 18.4. The predicted octanol–water partition coefficient (Wildman–Crippen LogP) is 4.91. The number of carbonyl (C=O) groups excluding carboxylic acids is 1. The summed E-state index contributed by atoms with van der Waals surface area (Å²) in [6.07, 6.45) is 0.991. The van der Waals surface area contributed by atoms with E-state index in [0.29, 0.717) is 11.8 Å². The van der Waals surface area contributed by atoms with Crippen LogP contribution < -0.4 is 10.2 Å². The van der Waals surface area contributed by atoms with Crippen LogP contribution in [0.3, 0.4) is 0 Å². The quantitative estimate of drug-likeness (QED) is 0.825. The van der Waals surface area contributed by atoms with Crippen molar-refractivity contribution < 1.29 is 4.79 Å². The Morgan fingerprint density at radius 2 is 2.00 bits per heavy atom. The number of amides is 1. The number of para-hydroxylation sites is 1. The zero-order chi connectivity index (χ0) is 17.8. The molecule has 1 N–H and O–H groups in total. The Balaban J connectivity index is 1.70. The summed E-state index contributed by atoms with van der Waals surface area (Å²) in [7, 11) is 0. The number of rotatable bonds is 4. The molecule has 0 aromatic heterocycles. The fourth-order valence-electron chi connectivity index (χ4n) is 3.02. The van der Waals surface area contributed by atoms with E-state index in [1.807, 2.05) is 66.1 Å². The van der Waals surface area contributed by atoms with Crippen LogP contribution in [0.2, 0.25) is 5.02 Å². The van der Waals surface area contributed by atoms with Crippen molar-refractivity contribution in [2.45, 2.75) is 36.5 Å². The van der Waals surface area contributed by atoms with Gasteiger partial charge in [-0.3, -0.25) is 4.79 Å². The smallest absolute Gasteiger partial charge is 0.240 e. The summed E-state index contributed by atoms with van der Waals surface area (Å²) in [4.78, 5) is 16.0. The molecule has 0 radical (unpaired) electrons. The molecule has 0 bridgehead atoms. The minimum atomic E-state index is 0.0215. The van der Waals surface area contributed by atoms with E-state index in [2.05, 4.69) is 18.3 Å². The lowest BCUT2D eigenvalue weighted by atomic mass is 10.1. The Kier molecular flexibility index (Phi) is 6.05. The summed E-state index contributed by atoms with van der Waals surface area (Å²) < 4.78 is 0. The maximum Gasteiger partial charge on any atom is 0.240 e. The first-order valence-electron chi connectivity index (χ1n) is 8.60. The molecule has 1 aliphatic heterocycles. The Morgan fingerprint density at radius 1 is 1.28 bits per heavy atom. The molecule has 1 aliphatic rings. The van der Waals surface area contributed by atoms with Gasteiger partial charge in [-0.1, -0.05) is 48.9 Å². The molecule has 132 valence electrons. The number of nitrogens with zero attached hydrogens (tertiary/aromatic N) is 1. The van der Waals surface area contributed by atoms with Crippen LogP contribution in [0.25, 0.3) is 0 Å². The van der Waals surface area contributed by atoms with Crippen molar-refractivity contribution in [3.05, 3.63) is 59.1 Å². The lowest BCUT2D eigenvalue weighted by molar-refractivity contribution is -0.117. The van der Waals surface area contributed by atoms with Crippen LogP contribution in [0.5, 0.6) is 0 Å². The summed E-state index contributed by atoms with van der Waals surface area (Å²) in [5.41, 5.74) is 2.03. The fourth-order valence-corrected chi connectivity index (χ4v) is 4.43. The Bertz CT molecular complexity index is 752. The third kappa shape index (κ3) is 4.38. The van der Waals surface area contributed by atoms with Gasteiger partial charge in [-0.25, -0.2) is 0 Å². The molecule has 1 amide bonds. The van der Waals surface area contributed by atoms with E-state index in [-0.39, 0.29) is 11.9 Å². The number of hydrogen-bond donors (Lipinski definition) is 1. The van der Waals surface area contributed by atoms with Gasteiger partial charge in [0.1, 0.15) is 0 Å². The highest BCUT2D eigenvalue weighted by molar-refractivity contribution is 8.00. The molecule has 0 unspecified atom stereocenters. The van der Waals surface area contributed by atoms with Crippen molar-refractivity contribution >= 4 is 35.0 Å². The monoisotopic (exact) mass is 374 g/mol. The second-order valence-corrected chi connectivity index (χ2v) is 8.24. The molecule has 3 nitrogen and oxygen atoms in total. The fraction of sp³-hybridized carbons (Fsp3) is 0.350. The van der Waals surface area contributed by atoms with Crippen LogP contribution in [0.15, 0.2) is 53.4 Å². The molecular formula is C20H23ClN2OS. The molecule has 2 aromatic rings. The topological polar surface area (TPSA) is 32.3 Å². The third-order valence-corrected chi connectivity index (χ3v) is 6.06. The average Bonchev–Trinajstić information content (AvgIpc) is 2.78. The first kappa shape index (κ1) is 18.3. The SMILES string of the molecule is C[C@H]1CCN(C(=O)CN[C@H](C)c2ccccc2Cl)c2ccccc2S1. The average molecular weight is 375 g/mol. The van der Waals surface area contributed by atoms with E-state index in [0.717, 1.165) is 29.2 Å². The highest BCUT2D eigenvalue weighted by atomic mass is 35.5. The van der Waals surface area contributed by atoms with Crippen molar-refractivity contribution in [1.29, 1.82) is 0 Å². The molecule has 2 atom stereocenters. The number of anilines is 1. The van der Waals surface area contributed by atoms with Crippen molar-refractivity contribution in [2.24, 2.45) is 0 Å². The number of benzene rings is 2. The van der Waals surface area contributed by atoms with Crippen LogP contribution >= 0.6 is 23.4 Å². The van der Waals surface area contributed by atoms with E-state index in [9.17, 15) is 4.79 Å². The number of carbonyl (C=O) groups is 1. The van der Waals surface area contributed by atoms with Gasteiger partial charge in [0.25, 0.3) is 0 Å². The number of hydrogen-bond acceptors (Lipinski definition) is 3. The third-order valence-electron chi connectivity index (χ3n) is 4.48. The van der Waals surface area contributed by atoms with Crippen LogP contribution in [-0.2, 0) is 4.79 Å². The Hall–Kier alpha value is -1.49. The molecule has 25 heavy (non-hydrogen) atoms. The van der Waals surface area contributed by atoms with Gasteiger partial charge in [0.05, 0.1) is 12.2 Å². The molecular weight excluding hydrogens is 352 g/mol. The van der Waals surface area contributed by atoms with Gasteiger partial charge in [-0.15, -0.1) is 11.8 Å². The van der Waals surface area contributed by atoms with Gasteiger partial charge < -0.3 is 10.2 Å². The Morgan fingerprint density at radius 3 is 2.80 bits per heavy atom. The van der Waals surface area contributed by atoms with Crippen LogP contribution in [-0.4, -0.2) is 24.2 Å². The van der Waals surface area contributed by atoms with Crippen LogP contribution in [0, 0.1) is 0 Å². The molecule has 0 spiro atoms. The minimum absolute atomic E-state index is 0.0215. The van der Waals surface area contributed by atoms with E-state index in [4.69, 9.17) is 11.6 Å². The van der Waals surface area contributed by atoms with Gasteiger partial charge in [0.15, 0.2) is 0 Å². The maximum absolute atomic E-state index is 12.9. The number of fused-ring (bicyclic) bond motifs is 1. The van der Waals surface area contributed by atoms with Crippen LogP contribution in [0.1, 0.15) is 31.9 Å². The lowest BCUT2D eigenvalue weighted by Crippen LogP contribution is -2.39. The summed E-state index contributed by atoms with van der Waals surface area (Å²) in [5.74, 6) is 0.0982. The van der Waals surface area contributed by atoms with Gasteiger partial charge in [-0.05, 0) is 37.1 Å². The zero-order valence-corrected chi connectivity index (χ0v) is 16.1. The van der Waals surface area contributed by atoms with Crippen LogP contribution in [0.4, 0.5) is 5.69 Å². The van der Waals surface area contributed by atoms with E-state index in [1.54, 1.807) is 0 Å². The van der Waals surface area contributed by atoms with E-state index >= 15 is 0 Å². The number of halogens is 1.